The molecule has 0 nitrogen and oxygen atoms in total. The normalized spacial score (nSPS) is 12.1. The van der Waals surface area contributed by atoms with Crippen LogP contribution in [-0.4, -0.2) is 0 Å². The third kappa shape index (κ3) is 12.0. The van der Waals surface area contributed by atoms with Crippen LogP contribution < -0.4 is 0 Å². The van der Waals surface area contributed by atoms with E-state index in [9.17, 15) is 0 Å². The maximum absolute atomic E-state index is 3.00. The first-order chi connectivity index (χ1) is 5.39. The first kappa shape index (κ1) is 17.3. The van der Waals surface area contributed by atoms with E-state index in [-0.39, 0.29) is 7.43 Å². The number of allylic oxidation sites excluding steroid dienone is 4. The van der Waals surface area contributed by atoms with Crippen molar-refractivity contribution in [2.75, 3.05) is 0 Å². The van der Waals surface area contributed by atoms with Crippen molar-refractivity contribution in [3.63, 3.8) is 0 Å². The van der Waals surface area contributed by atoms with Gasteiger partial charge in [-0.2, -0.15) is 0 Å². The SMILES string of the molecule is C.C=C.CC.CC1=CCCC=C1. The molecule has 12 heavy (non-hydrogen) atoms. The summed E-state index contributed by atoms with van der Waals surface area (Å²) in [6, 6.07) is 0. The van der Waals surface area contributed by atoms with Gasteiger partial charge in [0.05, 0.1) is 0 Å². The van der Waals surface area contributed by atoms with Crippen LogP contribution >= 0.6 is 0 Å². The van der Waals surface area contributed by atoms with E-state index in [4.69, 9.17) is 0 Å². The van der Waals surface area contributed by atoms with Crippen LogP contribution in [0, 0.1) is 0 Å². The Balaban J connectivity index is -0.000000144. The molecule has 0 heteroatoms. The largest absolute Gasteiger partial charge is 0.106 e. The Morgan fingerprint density at radius 1 is 1.17 bits per heavy atom. The van der Waals surface area contributed by atoms with Crippen LogP contribution in [0.5, 0.6) is 0 Å². The maximum Gasteiger partial charge on any atom is -0.0310 e. The highest BCUT2D eigenvalue weighted by Gasteiger charge is 1.86. The van der Waals surface area contributed by atoms with Gasteiger partial charge < -0.3 is 0 Å². The molecule has 72 valence electrons. The standard InChI is InChI=1S/C7H10.C2H6.C2H4.CH4/c1-7-5-3-2-4-6-7;2*1-2;/h3,5-6H,2,4H2,1H3;1-2H3;1-2H2;1H4. The molecule has 0 aromatic heterocycles. The monoisotopic (exact) mass is 168 g/mol. The number of hydrogen-bond donors (Lipinski definition) is 0. The van der Waals surface area contributed by atoms with Crippen molar-refractivity contribution in [2.45, 2.75) is 41.0 Å². The summed E-state index contributed by atoms with van der Waals surface area (Å²) in [5, 5.41) is 0. The highest BCUT2D eigenvalue weighted by molar-refractivity contribution is 5.18. The summed E-state index contributed by atoms with van der Waals surface area (Å²) in [5.41, 5.74) is 1.41. The molecule has 0 aromatic rings. The van der Waals surface area contributed by atoms with Gasteiger partial charge in [0.1, 0.15) is 0 Å². The van der Waals surface area contributed by atoms with Crippen molar-refractivity contribution in [3.05, 3.63) is 37.0 Å². The Morgan fingerprint density at radius 2 is 1.67 bits per heavy atom. The topological polar surface area (TPSA) is 0 Å². The van der Waals surface area contributed by atoms with E-state index in [1.807, 2.05) is 13.8 Å². The smallest absolute Gasteiger partial charge is 0.0310 e. The van der Waals surface area contributed by atoms with Gasteiger partial charge in [0, 0.05) is 0 Å². The summed E-state index contributed by atoms with van der Waals surface area (Å²) in [6.45, 7) is 12.1. The van der Waals surface area contributed by atoms with Crippen LogP contribution in [0.25, 0.3) is 0 Å². The zero-order valence-electron chi connectivity index (χ0n) is 8.06. The molecule has 0 spiro atoms. The molecule has 0 N–H and O–H groups in total. The number of hydrogen-bond acceptors (Lipinski definition) is 0. The predicted octanol–water partition coefficient (Wildman–Crippen LogP) is 4.75. The van der Waals surface area contributed by atoms with Gasteiger partial charge in [-0.1, -0.05) is 45.1 Å². The Bertz CT molecular complexity index is 118. The van der Waals surface area contributed by atoms with Gasteiger partial charge in [-0.15, -0.1) is 13.2 Å². The van der Waals surface area contributed by atoms with Crippen molar-refractivity contribution in [1.82, 2.24) is 0 Å². The zero-order valence-corrected chi connectivity index (χ0v) is 8.06. The van der Waals surface area contributed by atoms with Crippen LogP contribution in [-0.2, 0) is 0 Å². The molecule has 0 unspecified atom stereocenters. The van der Waals surface area contributed by atoms with E-state index >= 15 is 0 Å². The quantitative estimate of drug-likeness (QED) is 0.458. The van der Waals surface area contributed by atoms with E-state index < -0.39 is 0 Å². The van der Waals surface area contributed by atoms with Gasteiger partial charge >= 0.3 is 0 Å². The molecule has 0 atom stereocenters. The Morgan fingerprint density at radius 3 is 1.83 bits per heavy atom. The fourth-order valence-corrected chi connectivity index (χ4v) is 0.744. The highest BCUT2D eigenvalue weighted by atomic mass is 13.9. The van der Waals surface area contributed by atoms with Gasteiger partial charge in [-0.05, 0) is 19.8 Å². The Hall–Kier alpha value is -0.780. The summed E-state index contributed by atoms with van der Waals surface area (Å²) in [4.78, 5) is 0. The molecule has 0 radical (unpaired) electrons. The van der Waals surface area contributed by atoms with Crippen LogP contribution in [0.1, 0.15) is 41.0 Å². The zero-order chi connectivity index (χ0) is 9.11. The van der Waals surface area contributed by atoms with Gasteiger partial charge in [0.25, 0.3) is 0 Å². The summed E-state index contributed by atoms with van der Waals surface area (Å²) >= 11 is 0. The van der Waals surface area contributed by atoms with Gasteiger partial charge in [0.2, 0.25) is 0 Å². The van der Waals surface area contributed by atoms with E-state index in [2.05, 4.69) is 38.3 Å². The van der Waals surface area contributed by atoms with E-state index in [0.717, 1.165) is 0 Å². The molecule has 1 rings (SSSR count). The maximum atomic E-state index is 3.00. The number of rotatable bonds is 0. The Labute approximate surface area is 78.7 Å². The third-order valence-electron chi connectivity index (χ3n) is 1.18. The van der Waals surface area contributed by atoms with Gasteiger partial charge in [-0.25, -0.2) is 0 Å². The first-order valence-corrected chi connectivity index (χ1v) is 4.23. The van der Waals surface area contributed by atoms with Crippen molar-refractivity contribution in [2.24, 2.45) is 0 Å². The molecular weight excluding hydrogens is 144 g/mol. The summed E-state index contributed by atoms with van der Waals surface area (Å²) < 4.78 is 0. The molecule has 0 fully saturated rings. The second kappa shape index (κ2) is 16.7. The Kier molecular flexibility index (Phi) is 24.1. The van der Waals surface area contributed by atoms with Gasteiger partial charge in [0.15, 0.2) is 0 Å². The summed E-state index contributed by atoms with van der Waals surface area (Å²) in [6.07, 6.45) is 9.12. The highest BCUT2D eigenvalue weighted by Crippen LogP contribution is 2.06. The average molecular weight is 168 g/mol. The lowest BCUT2D eigenvalue weighted by molar-refractivity contribution is 1.02. The van der Waals surface area contributed by atoms with Crippen molar-refractivity contribution in [3.8, 4) is 0 Å². The molecule has 1 aliphatic rings. The molecule has 0 aliphatic heterocycles. The van der Waals surface area contributed by atoms with Crippen LogP contribution in [0.4, 0.5) is 0 Å². The summed E-state index contributed by atoms with van der Waals surface area (Å²) in [7, 11) is 0. The van der Waals surface area contributed by atoms with Crippen LogP contribution in [0.3, 0.4) is 0 Å². The fourth-order valence-electron chi connectivity index (χ4n) is 0.744. The summed E-state index contributed by atoms with van der Waals surface area (Å²) in [5.74, 6) is 0. The van der Waals surface area contributed by atoms with Crippen LogP contribution in [0.2, 0.25) is 0 Å². The minimum atomic E-state index is 0. The van der Waals surface area contributed by atoms with Gasteiger partial charge in [-0.3, -0.25) is 0 Å². The van der Waals surface area contributed by atoms with E-state index in [1.54, 1.807) is 0 Å². The van der Waals surface area contributed by atoms with Crippen LogP contribution in [0.15, 0.2) is 37.0 Å². The molecule has 0 heterocycles. The predicted molar refractivity (Wildman–Crippen MR) is 61.5 cm³/mol. The molecule has 0 saturated carbocycles. The second-order valence-corrected chi connectivity index (χ2v) is 1.93. The molecule has 0 bridgehead atoms. The molecule has 0 aromatic carbocycles. The molecule has 1 aliphatic carbocycles. The van der Waals surface area contributed by atoms with Crippen molar-refractivity contribution < 1.29 is 0 Å². The fraction of sp³-hybridized carbons (Fsp3) is 0.500. The van der Waals surface area contributed by atoms with Crippen molar-refractivity contribution >= 4 is 0 Å². The lowest BCUT2D eigenvalue weighted by Crippen LogP contribution is -1.76. The third-order valence-corrected chi connectivity index (χ3v) is 1.18. The molecule has 0 amide bonds. The molecular formula is C12H24. The first-order valence-electron chi connectivity index (χ1n) is 4.23. The minimum absolute atomic E-state index is 0. The second-order valence-electron chi connectivity index (χ2n) is 1.93. The lowest BCUT2D eigenvalue weighted by atomic mass is 10.1. The minimum Gasteiger partial charge on any atom is -0.106 e. The molecule has 0 saturated heterocycles. The van der Waals surface area contributed by atoms with E-state index in [1.165, 1.54) is 18.4 Å². The lowest BCUT2D eigenvalue weighted by Gasteiger charge is -1.96. The van der Waals surface area contributed by atoms with E-state index in [0.29, 0.717) is 0 Å². The average Bonchev–Trinajstić information content (AvgIpc) is 2.13. The van der Waals surface area contributed by atoms with Crippen molar-refractivity contribution in [1.29, 1.82) is 0 Å².